The molecule has 2 aromatic carbocycles. The molecule has 0 N–H and O–H groups in total. The van der Waals surface area contributed by atoms with E-state index in [9.17, 15) is 4.79 Å². The zero-order valence-electron chi connectivity index (χ0n) is 10.0. The van der Waals surface area contributed by atoms with Crippen LogP contribution in [0.4, 0.5) is 4.79 Å². The molecule has 0 fully saturated rings. The second-order valence-electron chi connectivity index (χ2n) is 3.86. The van der Waals surface area contributed by atoms with Crippen LogP contribution < -0.4 is 4.74 Å². The smallest absolute Gasteiger partial charge is 0.366 e. The van der Waals surface area contributed by atoms with Crippen LogP contribution in [0, 0.1) is 6.92 Å². The van der Waals surface area contributed by atoms with Gasteiger partial charge in [-0.05, 0) is 50.9 Å². The van der Waals surface area contributed by atoms with Gasteiger partial charge in [0.15, 0.2) is 0 Å². The zero-order valence-corrected chi connectivity index (χ0v) is 12.2. The molecule has 0 radical (unpaired) electrons. The van der Waals surface area contributed by atoms with Crippen LogP contribution in [0.5, 0.6) is 5.75 Å². The quantitative estimate of drug-likeness (QED) is 0.598. The maximum Gasteiger partial charge on any atom is 0.366 e. The van der Waals surface area contributed by atoms with Gasteiger partial charge in [0.25, 0.3) is 0 Å². The predicted octanol–water partition coefficient (Wildman–Crippen LogP) is 4.56. The maximum atomic E-state index is 11.1. The molecule has 2 nitrogen and oxygen atoms in total. The van der Waals surface area contributed by atoms with E-state index >= 15 is 0 Å². The molecule has 18 heavy (non-hydrogen) atoms. The summed E-state index contributed by atoms with van der Waals surface area (Å²) in [6.07, 6.45) is 0. The standard InChI is InChI=1S/C15H13IO2/c1-11-3-5-12(6-4-11)13-7-9-14(10-8-13)18-15(17)16-2/h3-10H,2H2,1H3. The van der Waals surface area contributed by atoms with Gasteiger partial charge in [0.1, 0.15) is 5.75 Å². The summed E-state index contributed by atoms with van der Waals surface area (Å²) in [4.78, 5) is 11.1. The lowest BCUT2D eigenvalue weighted by molar-refractivity contribution is 0.230. The highest BCUT2D eigenvalue weighted by molar-refractivity contribution is 14.2. The van der Waals surface area contributed by atoms with Crippen LogP contribution in [0.2, 0.25) is 0 Å². The summed E-state index contributed by atoms with van der Waals surface area (Å²) in [6.45, 7) is 2.06. The third-order valence-corrected chi connectivity index (χ3v) is 3.39. The van der Waals surface area contributed by atoms with Crippen molar-refractivity contribution in [3.8, 4) is 16.9 Å². The van der Waals surface area contributed by atoms with Gasteiger partial charge in [-0.3, -0.25) is 0 Å². The van der Waals surface area contributed by atoms with Gasteiger partial charge >= 0.3 is 3.98 Å². The highest BCUT2D eigenvalue weighted by Gasteiger charge is 2.01. The second kappa shape index (κ2) is 5.91. The van der Waals surface area contributed by atoms with E-state index in [0.717, 1.165) is 11.1 Å². The summed E-state index contributed by atoms with van der Waals surface area (Å²) in [5.41, 5.74) is 3.51. The molecule has 0 bridgehead atoms. The van der Waals surface area contributed by atoms with Crippen molar-refractivity contribution in [1.82, 2.24) is 0 Å². The van der Waals surface area contributed by atoms with Gasteiger partial charge in [-0.15, -0.1) is 0 Å². The van der Waals surface area contributed by atoms with Gasteiger partial charge in [-0.2, -0.15) is 0 Å². The van der Waals surface area contributed by atoms with Gasteiger partial charge < -0.3 is 4.74 Å². The largest absolute Gasteiger partial charge is 0.419 e. The molecule has 3 heteroatoms. The molecule has 0 aromatic heterocycles. The number of hydrogen-bond acceptors (Lipinski definition) is 2. The van der Waals surface area contributed by atoms with Crippen LogP contribution in [0.3, 0.4) is 0 Å². The molecule has 0 unspecified atom stereocenters. The number of aryl methyl sites for hydroxylation is 1. The summed E-state index contributed by atoms with van der Waals surface area (Å²) >= 11 is -0.749. The average Bonchev–Trinajstić information content (AvgIpc) is 2.40. The third-order valence-electron chi connectivity index (χ3n) is 2.55. The van der Waals surface area contributed by atoms with Crippen LogP contribution in [0.1, 0.15) is 5.56 Å². The Morgan fingerprint density at radius 2 is 1.50 bits per heavy atom. The molecule has 0 atom stereocenters. The Kier molecular flexibility index (Phi) is 4.25. The van der Waals surface area contributed by atoms with Crippen LogP contribution in [-0.2, 0) is 0 Å². The molecule has 0 saturated carbocycles. The summed E-state index contributed by atoms with van der Waals surface area (Å²) < 4.78 is 8.50. The molecule has 0 aliphatic carbocycles. The number of rotatable bonds is 3. The van der Waals surface area contributed by atoms with Gasteiger partial charge in [0.05, 0.1) is 0 Å². The van der Waals surface area contributed by atoms with E-state index in [0.29, 0.717) is 5.75 Å². The molecule has 0 spiro atoms. The van der Waals surface area contributed by atoms with E-state index in [2.05, 4.69) is 35.7 Å². The first-order valence-corrected chi connectivity index (χ1v) is 8.07. The molecular formula is C15H13IO2. The Morgan fingerprint density at radius 1 is 1.00 bits per heavy atom. The van der Waals surface area contributed by atoms with Crippen molar-refractivity contribution in [2.24, 2.45) is 0 Å². The lowest BCUT2D eigenvalue weighted by atomic mass is 10.0. The van der Waals surface area contributed by atoms with E-state index < -0.39 is 20.7 Å². The highest BCUT2D eigenvalue weighted by Crippen LogP contribution is 2.23. The lowest BCUT2D eigenvalue weighted by Gasteiger charge is -2.04. The van der Waals surface area contributed by atoms with E-state index in [-0.39, 0.29) is 3.98 Å². The number of halogens is 1. The van der Waals surface area contributed by atoms with Crippen molar-refractivity contribution in [2.75, 3.05) is 0 Å². The number of hydrogen-bond donors (Lipinski definition) is 0. The fraction of sp³-hybridized carbons (Fsp3) is 0.0667. The van der Waals surface area contributed by atoms with Crippen molar-refractivity contribution in [3.63, 3.8) is 0 Å². The minimum absolute atomic E-state index is 0.211. The molecule has 2 rings (SSSR count). The van der Waals surface area contributed by atoms with Crippen molar-refractivity contribution in [3.05, 3.63) is 54.1 Å². The Morgan fingerprint density at radius 3 is 2.00 bits per heavy atom. The first-order valence-electron chi connectivity index (χ1n) is 5.46. The van der Waals surface area contributed by atoms with Crippen LogP contribution in [-0.4, -0.2) is 8.49 Å². The predicted molar refractivity (Wildman–Crippen MR) is 83.8 cm³/mol. The van der Waals surface area contributed by atoms with Gasteiger partial charge in [-0.1, -0.05) is 46.5 Å². The van der Waals surface area contributed by atoms with Crippen molar-refractivity contribution in [1.29, 1.82) is 0 Å². The summed E-state index contributed by atoms with van der Waals surface area (Å²) in [7, 11) is 0. The number of carbonyl (C=O) groups is 1. The van der Waals surface area contributed by atoms with Gasteiger partial charge in [-0.25, -0.2) is 4.79 Å². The molecular weight excluding hydrogens is 339 g/mol. The lowest BCUT2D eigenvalue weighted by Crippen LogP contribution is -1.95. The average molecular weight is 352 g/mol. The van der Waals surface area contributed by atoms with Crippen molar-refractivity contribution >= 4 is 29.2 Å². The molecule has 0 saturated heterocycles. The highest BCUT2D eigenvalue weighted by atomic mass is 127. The fourth-order valence-corrected chi connectivity index (χ4v) is 1.99. The Balaban J connectivity index is 2.19. The molecule has 0 aliphatic rings. The zero-order chi connectivity index (χ0) is 13.0. The molecule has 0 aliphatic heterocycles. The van der Waals surface area contributed by atoms with Crippen LogP contribution >= 0.6 is 20.7 Å². The maximum absolute atomic E-state index is 11.1. The second-order valence-corrected chi connectivity index (χ2v) is 5.51. The monoisotopic (exact) mass is 352 g/mol. The van der Waals surface area contributed by atoms with E-state index in [4.69, 9.17) is 4.74 Å². The molecule has 2 aromatic rings. The van der Waals surface area contributed by atoms with Gasteiger partial charge in [0.2, 0.25) is 0 Å². The Bertz CT molecular complexity index is 556. The minimum atomic E-state index is -0.749. The normalized spacial score (nSPS) is 10.1. The first-order chi connectivity index (χ1) is 8.69. The van der Waals surface area contributed by atoms with Crippen molar-refractivity contribution < 1.29 is 9.53 Å². The Labute approximate surface area is 116 Å². The number of ether oxygens (including phenoxy) is 1. The topological polar surface area (TPSA) is 26.3 Å². The first kappa shape index (κ1) is 13.0. The Hall–Kier alpha value is -1.49. The number of benzene rings is 2. The minimum Gasteiger partial charge on any atom is -0.419 e. The van der Waals surface area contributed by atoms with Crippen LogP contribution in [0.25, 0.3) is 11.1 Å². The van der Waals surface area contributed by atoms with Crippen molar-refractivity contribution in [2.45, 2.75) is 6.92 Å². The third kappa shape index (κ3) is 3.26. The molecule has 0 amide bonds. The summed E-state index contributed by atoms with van der Waals surface area (Å²) in [6, 6.07) is 15.9. The van der Waals surface area contributed by atoms with Crippen LogP contribution in [0.15, 0.2) is 48.5 Å². The molecule has 0 heterocycles. The summed E-state index contributed by atoms with van der Waals surface area (Å²) in [5.74, 6) is 0.583. The van der Waals surface area contributed by atoms with E-state index in [1.807, 2.05) is 24.3 Å². The SMILES string of the molecule is C=IC(=O)Oc1ccc(-c2ccc(C)cc2)cc1. The van der Waals surface area contributed by atoms with Gasteiger partial charge in [0, 0.05) is 0 Å². The van der Waals surface area contributed by atoms with E-state index in [1.54, 1.807) is 0 Å². The van der Waals surface area contributed by atoms with E-state index in [1.165, 1.54) is 5.56 Å². The number of carbonyl (C=O) groups excluding carboxylic acids is 1. The fourth-order valence-electron chi connectivity index (χ4n) is 1.58. The molecule has 92 valence electrons. The summed E-state index contributed by atoms with van der Waals surface area (Å²) in [5, 5.41) is 0.